The second-order valence-corrected chi connectivity index (χ2v) is 8.33. The number of hydrogen-bond donors (Lipinski definition) is 0. The van der Waals surface area contributed by atoms with Gasteiger partial charge >= 0.3 is 0 Å². The number of aryl methyl sites for hydroxylation is 1. The Hall–Kier alpha value is -3.08. The van der Waals surface area contributed by atoms with Crippen molar-refractivity contribution < 1.29 is 9.53 Å². The Morgan fingerprint density at radius 3 is 2.53 bits per heavy atom. The van der Waals surface area contributed by atoms with E-state index in [2.05, 4.69) is 41.3 Å². The van der Waals surface area contributed by atoms with Crippen molar-refractivity contribution in [1.82, 2.24) is 5.01 Å². The Balaban J connectivity index is 1.80. The Bertz CT molecular complexity index is 1020. The number of nitrogens with zero attached hydrogens (tertiary/aromatic N) is 3. The summed E-state index contributed by atoms with van der Waals surface area (Å²) in [6.07, 6.45) is 3.72. The van der Waals surface area contributed by atoms with Crippen molar-refractivity contribution in [2.45, 2.75) is 32.7 Å². The Morgan fingerprint density at radius 2 is 1.90 bits per heavy atom. The van der Waals surface area contributed by atoms with Crippen LogP contribution in [0.2, 0.25) is 0 Å². The van der Waals surface area contributed by atoms with Crippen molar-refractivity contribution in [2.24, 2.45) is 11.0 Å². The van der Waals surface area contributed by atoms with Crippen LogP contribution in [0.15, 0.2) is 59.3 Å². The van der Waals surface area contributed by atoms with Crippen LogP contribution < -0.4 is 9.64 Å². The van der Waals surface area contributed by atoms with Crippen molar-refractivity contribution in [3.63, 3.8) is 0 Å². The van der Waals surface area contributed by atoms with E-state index < -0.39 is 0 Å². The molecule has 0 amide bonds. The summed E-state index contributed by atoms with van der Waals surface area (Å²) in [5, 5.41) is 7.10. The molecule has 0 N–H and O–H groups in total. The largest absolute Gasteiger partial charge is 0.497 e. The molecular weight excluding hydrogens is 374 g/mol. The maximum atomic E-state index is 11.8. The third-order valence-electron chi connectivity index (χ3n) is 6.05. The molecule has 156 valence electrons. The van der Waals surface area contributed by atoms with Gasteiger partial charge in [-0.25, -0.2) is 0 Å². The molecule has 0 saturated carbocycles. The number of fused-ring (bicyclic) bond motifs is 3. The van der Waals surface area contributed by atoms with Crippen molar-refractivity contribution >= 4 is 17.2 Å². The van der Waals surface area contributed by atoms with Gasteiger partial charge in [-0.05, 0) is 62.1 Å². The van der Waals surface area contributed by atoms with E-state index in [0.29, 0.717) is 0 Å². The number of rotatable bonds is 5. The fraction of sp³-hybridized carbons (Fsp3) is 0.360. The number of carbonyl (C=O) groups excluding carboxylic acids is 1. The topological polar surface area (TPSA) is 45.1 Å². The predicted octanol–water partition coefficient (Wildman–Crippen LogP) is 4.58. The molecule has 0 radical (unpaired) electrons. The number of allylic oxidation sites excluding steroid dienone is 2. The lowest BCUT2D eigenvalue weighted by molar-refractivity contribution is -0.112. The summed E-state index contributed by atoms with van der Waals surface area (Å²) >= 11 is 0. The zero-order valence-electron chi connectivity index (χ0n) is 18.3. The summed E-state index contributed by atoms with van der Waals surface area (Å²) in [5.74, 6) is 1.15. The van der Waals surface area contributed by atoms with Crippen molar-refractivity contribution in [3.05, 3.63) is 70.9 Å². The molecule has 2 aromatic carbocycles. The standard InChI is InChI=1S/C25H29N3O2/c1-16(14-17(2)29)28-25(19-6-10-20(11-7-19)27(3)4)22-13-9-18-8-12-21(30-5)15-23(18)24(22)26-28/h6-8,10-12,14-15,22,25H,9,13H2,1-5H3/t22-,25+/m0/s1. The molecule has 1 aliphatic heterocycles. The second-order valence-electron chi connectivity index (χ2n) is 8.33. The zero-order chi connectivity index (χ0) is 21.4. The highest BCUT2D eigenvalue weighted by Gasteiger charge is 2.42. The minimum Gasteiger partial charge on any atom is -0.497 e. The molecule has 5 nitrogen and oxygen atoms in total. The summed E-state index contributed by atoms with van der Waals surface area (Å²) < 4.78 is 5.47. The van der Waals surface area contributed by atoms with Crippen molar-refractivity contribution in [1.29, 1.82) is 0 Å². The van der Waals surface area contributed by atoms with Gasteiger partial charge in [0.05, 0.1) is 18.9 Å². The van der Waals surface area contributed by atoms with Crippen LogP contribution in [0, 0.1) is 5.92 Å². The highest BCUT2D eigenvalue weighted by Crippen LogP contribution is 2.45. The molecule has 2 aromatic rings. The average molecular weight is 404 g/mol. The quantitative estimate of drug-likeness (QED) is 0.686. The molecule has 1 heterocycles. The van der Waals surface area contributed by atoms with Gasteiger partial charge in [-0.3, -0.25) is 9.80 Å². The van der Waals surface area contributed by atoms with Crippen LogP contribution in [-0.2, 0) is 11.2 Å². The first-order valence-corrected chi connectivity index (χ1v) is 10.4. The second kappa shape index (κ2) is 7.98. The van der Waals surface area contributed by atoms with Gasteiger partial charge in [-0.2, -0.15) is 5.10 Å². The molecule has 0 unspecified atom stereocenters. The fourth-order valence-corrected chi connectivity index (χ4v) is 4.57. The first-order valence-electron chi connectivity index (χ1n) is 10.4. The van der Waals surface area contributed by atoms with Crippen molar-refractivity contribution in [2.75, 3.05) is 26.1 Å². The number of benzene rings is 2. The highest BCUT2D eigenvalue weighted by atomic mass is 16.5. The number of ether oxygens (including phenoxy) is 1. The van der Waals surface area contributed by atoms with E-state index in [9.17, 15) is 4.79 Å². The number of ketones is 1. The number of anilines is 1. The normalized spacial score (nSPS) is 20.4. The van der Waals surface area contributed by atoms with E-state index in [-0.39, 0.29) is 17.7 Å². The Morgan fingerprint density at radius 1 is 1.17 bits per heavy atom. The first kappa shape index (κ1) is 20.2. The molecule has 1 aliphatic carbocycles. The predicted molar refractivity (Wildman–Crippen MR) is 121 cm³/mol. The summed E-state index contributed by atoms with van der Waals surface area (Å²) in [7, 11) is 5.78. The van der Waals surface area contributed by atoms with Crippen LogP contribution in [-0.4, -0.2) is 37.7 Å². The Labute approximate surface area is 178 Å². The average Bonchev–Trinajstić information content (AvgIpc) is 3.13. The number of hydrazone groups is 1. The number of hydrogen-bond acceptors (Lipinski definition) is 5. The maximum absolute atomic E-state index is 11.8. The lowest BCUT2D eigenvalue weighted by atomic mass is 9.77. The van der Waals surface area contributed by atoms with Gasteiger partial charge < -0.3 is 9.64 Å². The minimum atomic E-state index is 0.0337. The van der Waals surface area contributed by atoms with Gasteiger partial charge in [0, 0.05) is 43.0 Å². The third-order valence-corrected chi connectivity index (χ3v) is 6.05. The van der Waals surface area contributed by atoms with Crippen LogP contribution in [0.1, 0.15) is 43.0 Å². The molecule has 0 spiro atoms. The number of methoxy groups -OCH3 is 1. The Kier molecular flexibility index (Phi) is 5.37. The summed E-state index contributed by atoms with van der Waals surface area (Å²) in [4.78, 5) is 13.9. The SMILES string of the molecule is COc1ccc2c(c1)C1=NN(C(C)=CC(C)=O)[C@H](c3ccc(N(C)C)cc3)[C@H]1CC2. The molecule has 0 fully saturated rings. The van der Waals surface area contributed by atoms with Crippen molar-refractivity contribution in [3.8, 4) is 5.75 Å². The summed E-state index contributed by atoms with van der Waals surface area (Å²) in [6.45, 7) is 3.55. The van der Waals surface area contributed by atoms with Gasteiger partial charge in [-0.15, -0.1) is 0 Å². The molecule has 5 heteroatoms. The van der Waals surface area contributed by atoms with E-state index in [4.69, 9.17) is 9.84 Å². The smallest absolute Gasteiger partial charge is 0.154 e. The molecule has 30 heavy (non-hydrogen) atoms. The van der Waals surface area contributed by atoms with E-state index in [1.54, 1.807) is 20.1 Å². The molecule has 2 aliphatic rings. The lowest BCUT2D eigenvalue weighted by Crippen LogP contribution is -2.28. The fourth-order valence-electron chi connectivity index (χ4n) is 4.57. The van der Waals surface area contributed by atoms with Crippen LogP contribution in [0.25, 0.3) is 0 Å². The van der Waals surface area contributed by atoms with Crippen LogP contribution in [0.5, 0.6) is 5.75 Å². The maximum Gasteiger partial charge on any atom is 0.154 e. The van der Waals surface area contributed by atoms with Gasteiger partial charge in [-0.1, -0.05) is 18.2 Å². The van der Waals surface area contributed by atoms with Gasteiger partial charge in [0.2, 0.25) is 0 Å². The van der Waals surface area contributed by atoms with E-state index in [1.165, 1.54) is 22.4 Å². The van der Waals surface area contributed by atoms with Crippen LogP contribution >= 0.6 is 0 Å². The van der Waals surface area contributed by atoms with Gasteiger partial charge in [0.25, 0.3) is 0 Å². The third kappa shape index (κ3) is 3.60. The van der Waals surface area contributed by atoms with E-state index in [1.807, 2.05) is 32.1 Å². The summed E-state index contributed by atoms with van der Waals surface area (Å²) in [5.41, 5.74) is 6.82. The minimum absolute atomic E-state index is 0.0337. The zero-order valence-corrected chi connectivity index (χ0v) is 18.3. The van der Waals surface area contributed by atoms with Crippen LogP contribution in [0.3, 0.4) is 0 Å². The summed E-state index contributed by atoms with van der Waals surface area (Å²) in [6, 6.07) is 15.0. The first-order chi connectivity index (χ1) is 14.4. The molecular formula is C25H29N3O2. The molecule has 0 bridgehead atoms. The van der Waals surface area contributed by atoms with E-state index >= 15 is 0 Å². The number of carbonyl (C=O) groups is 1. The molecule has 0 saturated heterocycles. The molecule has 0 aromatic heterocycles. The highest BCUT2D eigenvalue weighted by molar-refractivity contribution is 6.06. The molecule has 2 atom stereocenters. The molecule has 4 rings (SSSR count). The van der Waals surface area contributed by atoms with Crippen LogP contribution in [0.4, 0.5) is 5.69 Å². The monoisotopic (exact) mass is 403 g/mol. The van der Waals surface area contributed by atoms with E-state index in [0.717, 1.165) is 30.0 Å². The van der Waals surface area contributed by atoms with Gasteiger partial charge in [0.1, 0.15) is 5.75 Å². The lowest BCUT2D eigenvalue weighted by Gasteiger charge is -2.31. The van der Waals surface area contributed by atoms with Gasteiger partial charge in [0.15, 0.2) is 5.78 Å².